The Balaban J connectivity index is 2.75. The Hall–Kier alpha value is -2.50. The monoisotopic (exact) mass is 392 g/mol. The van der Waals surface area contributed by atoms with Crippen LogP contribution in [0.25, 0.3) is 0 Å². The molecule has 0 aliphatic rings. The van der Waals surface area contributed by atoms with E-state index >= 15 is 0 Å². The first-order valence-electron chi connectivity index (χ1n) is 9.62. The lowest BCUT2D eigenvalue weighted by Crippen LogP contribution is -2.47. The van der Waals surface area contributed by atoms with Crippen LogP contribution in [0, 0.1) is 17.6 Å². The van der Waals surface area contributed by atoms with Crippen LogP contribution in [0.4, 0.5) is 8.78 Å². The Morgan fingerprint density at radius 1 is 1.11 bits per heavy atom. The van der Waals surface area contributed by atoms with E-state index in [9.17, 15) is 18.4 Å². The molecule has 1 rings (SSSR count). The maximum atomic E-state index is 13.4. The van der Waals surface area contributed by atoms with Crippen LogP contribution in [0.2, 0.25) is 0 Å². The van der Waals surface area contributed by atoms with Gasteiger partial charge in [-0.05, 0) is 49.5 Å². The van der Waals surface area contributed by atoms with Crippen LogP contribution < -0.4 is 10.6 Å². The lowest BCUT2D eigenvalue weighted by atomic mass is 10.0. The number of carbonyl (C=O) groups is 2. The van der Waals surface area contributed by atoms with Crippen molar-refractivity contribution in [3.05, 3.63) is 59.7 Å². The molecule has 0 unspecified atom stereocenters. The van der Waals surface area contributed by atoms with Crippen molar-refractivity contribution in [2.45, 2.75) is 52.5 Å². The van der Waals surface area contributed by atoms with E-state index in [2.05, 4.69) is 24.5 Å². The van der Waals surface area contributed by atoms with Crippen LogP contribution in [0.1, 0.15) is 45.6 Å². The van der Waals surface area contributed by atoms with Crippen molar-refractivity contribution in [3.63, 3.8) is 0 Å². The van der Waals surface area contributed by atoms with Crippen molar-refractivity contribution >= 4 is 11.8 Å². The van der Waals surface area contributed by atoms with E-state index in [1.165, 1.54) is 6.08 Å². The second-order valence-electron chi connectivity index (χ2n) is 7.08. The summed E-state index contributed by atoms with van der Waals surface area (Å²) in [4.78, 5) is 24.6. The Morgan fingerprint density at radius 3 is 2.39 bits per heavy atom. The van der Waals surface area contributed by atoms with Crippen LogP contribution in [-0.2, 0) is 16.0 Å². The molecule has 0 spiro atoms. The van der Waals surface area contributed by atoms with Crippen molar-refractivity contribution in [1.29, 1.82) is 0 Å². The number of rotatable bonds is 11. The third-order valence-electron chi connectivity index (χ3n) is 4.05. The van der Waals surface area contributed by atoms with Gasteiger partial charge in [0.05, 0.1) is 0 Å². The van der Waals surface area contributed by atoms with Gasteiger partial charge in [0.25, 0.3) is 0 Å². The average molecular weight is 392 g/mol. The topological polar surface area (TPSA) is 58.2 Å². The van der Waals surface area contributed by atoms with E-state index < -0.39 is 29.5 Å². The number of unbranched alkanes of at least 4 members (excludes halogenated alkanes) is 1. The minimum Gasteiger partial charge on any atom is -0.351 e. The van der Waals surface area contributed by atoms with Crippen LogP contribution in [-0.4, -0.2) is 24.4 Å². The summed E-state index contributed by atoms with van der Waals surface area (Å²) in [5, 5.41) is 5.30. The Kier molecular flexibility index (Phi) is 10.8. The SMILES string of the molecule is C/C=C\CNC(=O)[C@H](Cc1cc(F)cc(F)c1)NC(=O)/C=C/CCCC(C)C. The minimum absolute atomic E-state index is 0.0106. The number of hydrogen-bond donors (Lipinski definition) is 2. The standard InChI is InChI=1S/C22H30F2N2O2/c1-4-5-11-25-22(28)20(14-17-12-18(23)15-19(24)13-17)26-21(27)10-8-6-7-9-16(2)3/h4-5,8,10,12-13,15-16,20H,6-7,9,11,14H2,1-3H3,(H,25,28)(H,26,27)/b5-4-,10-8+/t20-/m0/s1. The molecule has 0 heterocycles. The number of nitrogens with one attached hydrogen (secondary N) is 2. The molecule has 0 aliphatic heterocycles. The summed E-state index contributed by atoms with van der Waals surface area (Å²) in [7, 11) is 0. The predicted molar refractivity (Wildman–Crippen MR) is 108 cm³/mol. The van der Waals surface area contributed by atoms with Crippen molar-refractivity contribution < 1.29 is 18.4 Å². The lowest BCUT2D eigenvalue weighted by Gasteiger charge is -2.17. The molecule has 2 amide bonds. The normalized spacial score (nSPS) is 12.6. The van der Waals surface area contributed by atoms with E-state index in [0.29, 0.717) is 18.0 Å². The lowest BCUT2D eigenvalue weighted by molar-refractivity contribution is -0.126. The highest BCUT2D eigenvalue weighted by molar-refractivity contribution is 5.93. The van der Waals surface area contributed by atoms with Gasteiger partial charge in [0.2, 0.25) is 11.8 Å². The van der Waals surface area contributed by atoms with Crippen molar-refractivity contribution in [3.8, 4) is 0 Å². The highest BCUT2D eigenvalue weighted by Crippen LogP contribution is 2.11. The number of carbonyl (C=O) groups excluding carboxylic acids is 2. The summed E-state index contributed by atoms with van der Waals surface area (Å²) in [5.74, 6) is -1.66. The predicted octanol–water partition coefficient (Wildman–Crippen LogP) is 4.07. The molecule has 1 aromatic rings. The fourth-order valence-corrected chi connectivity index (χ4v) is 2.63. The summed E-state index contributed by atoms with van der Waals surface area (Å²) in [6.07, 6.45) is 9.54. The molecule has 0 saturated heterocycles. The molecule has 6 heteroatoms. The van der Waals surface area contributed by atoms with Crippen LogP contribution in [0.3, 0.4) is 0 Å². The minimum atomic E-state index is -0.931. The van der Waals surface area contributed by atoms with Gasteiger partial charge in [-0.25, -0.2) is 8.78 Å². The van der Waals surface area contributed by atoms with E-state index in [1.807, 2.05) is 6.92 Å². The van der Waals surface area contributed by atoms with Gasteiger partial charge in [0, 0.05) is 19.0 Å². The van der Waals surface area contributed by atoms with Gasteiger partial charge in [-0.3, -0.25) is 9.59 Å². The molecule has 154 valence electrons. The second kappa shape index (κ2) is 12.8. The van der Waals surface area contributed by atoms with Gasteiger partial charge in [0.15, 0.2) is 0 Å². The molecule has 0 bridgehead atoms. The molecule has 0 radical (unpaired) electrons. The first-order chi connectivity index (χ1) is 13.3. The average Bonchev–Trinajstić information content (AvgIpc) is 2.59. The third-order valence-corrected chi connectivity index (χ3v) is 4.05. The molecule has 1 atom stereocenters. The highest BCUT2D eigenvalue weighted by Gasteiger charge is 2.20. The molecular weight excluding hydrogens is 362 g/mol. The quantitative estimate of drug-likeness (QED) is 0.339. The Morgan fingerprint density at radius 2 is 1.79 bits per heavy atom. The molecular formula is C22H30F2N2O2. The highest BCUT2D eigenvalue weighted by atomic mass is 19.1. The zero-order valence-corrected chi connectivity index (χ0v) is 16.8. The van der Waals surface area contributed by atoms with Gasteiger partial charge >= 0.3 is 0 Å². The summed E-state index contributed by atoms with van der Waals surface area (Å²) in [5.41, 5.74) is 0.296. The van der Waals surface area contributed by atoms with Crippen LogP contribution >= 0.6 is 0 Å². The molecule has 0 saturated carbocycles. The van der Waals surface area contributed by atoms with E-state index in [-0.39, 0.29) is 6.42 Å². The largest absolute Gasteiger partial charge is 0.351 e. The number of hydrogen-bond acceptors (Lipinski definition) is 2. The molecule has 28 heavy (non-hydrogen) atoms. The van der Waals surface area contributed by atoms with E-state index in [1.54, 1.807) is 18.2 Å². The van der Waals surface area contributed by atoms with Crippen molar-refractivity contribution in [2.75, 3.05) is 6.54 Å². The van der Waals surface area contributed by atoms with Gasteiger partial charge in [-0.1, -0.05) is 38.5 Å². The maximum absolute atomic E-state index is 13.4. The Bertz CT molecular complexity index is 680. The van der Waals surface area contributed by atoms with Crippen molar-refractivity contribution in [2.24, 2.45) is 5.92 Å². The van der Waals surface area contributed by atoms with Crippen LogP contribution in [0.15, 0.2) is 42.5 Å². The first-order valence-corrected chi connectivity index (χ1v) is 9.62. The van der Waals surface area contributed by atoms with Gasteiger partial charge < -0.3 is 10.6 Å². The fraction of sp³-hybridized carbons (Fsp3) is 0.455. The number of amides is 2. The maximum Gasteiger partial charge on any atom is 0.244 e. The number of allylic oxidation sites excluding steroid dienone is 2. The summed E-state index contributed by atoms with van der Waals surface area (Å²) in [6, 6.07) is 2.15. The van der Waals surface area contributed by atoms with E-state index in [4.69, 9.17) is 0 Å². The molecule has 2 N–H and O–H groups in total. The molecule has 0 aliphatic carbocycles. The molecule has 1 aromatic carbocycles. The summed E-state index contributed by atoms with van der Waals surface area (Å²) >= 11 is 0. The number of benzene rings is 1. The zero-order valence-electron chi connectivity index (χ0n) is 16.8. The first kappa shape index (κ1) is 23.5. The van der Waals surface area contributed by atoms with Crippen LogP contribution in [0.5, 0.6) is 0 Å². The third kappa shape index (κ3) is 10.00. The van der Waals surface area contributed by atoms with E-state index in [0.717, 1.165) is 37.5 Å². The smallest absolute Gasteiger partial charge is 0.244 e. The van der Waals surface area contributed by atoms with Gasteiger partial charge in [-0.2, -0.15) is 0 Å². The fourth-order valence-electron chi connectivity index (χ4n) is 2.63. The van der Waals surface area contributed by atoms with Crippen molar-refractivity contribution in [1.82, 2.24) is 10.6 Å². The molecule has 4 nitrogen and oxygen atoms in total. The number of halogens is 2. The molecule has 0 fully saturated rings. The molecule has 0 aromatic heterocycles. The summed E-state index contributed by atoms with van der Waals surface area (Å²) in [6.45, 7) is 6.42. The Labute approximate surface area is 166 Å². The summed E-state index contributed by atoms with van der Waals surface area (Å²) < 4.78 is 26.9. The van der Waals surface area contributed by atoms with Gasteiger partial charge in [0.1, 0.15) is 17.7 Å². The zero-order chi connectivity index (χ0) is 20.9. The second-order valence-corrected chi connectivity index (χ2v) is 7.08. The van der Waals surface area contributed by atoms with Gasteiger partial charge in [-0.15, -0.1) is 0 Å².